The quantitative estimate of drug-likeness (QED) is 0.636. The topological polar surface area (TPSA) is 64.3 Å². The van der Waals surface area contributed by atoms with E-state index in [9.17, 15) is 21.6 Å². The minimum absolute atomic E-state index is 0.0390. The van der Waals surface area contributed by atoms with Gasteiger partial charge in [0, 0.05) is 17.8 Å². The van der Waals surface area contributed by atoms with Crippen molar-refractivity contribution < 1.29 is 21.6 Å². The van der Waals surface area contributed by atoms with E-state index in [1.165, 1.54) is 10.6 Å². The first-order chi connectivity index (χ1) is 12.8. The van der Waals surface area contributed by atoms with Gasteiger partial charge in [0.25, 0.3) is 0 Å². The summed E-state index contributed by atoms with van der Waals surface area (Å²) in [4.78, 5) is 7.73. The number of rotatable bonds is 3. The molecule has 0 unspecified atom stereocenters. The van der Waals surface area contributed by atoms with E-state index in [0.717, 1.165) is 18.0 Å². The fourth-order valence-electron chi connectivity index (χ4n) is 2.79. The molecule has 1 aromatic carbocycles. The number of halogens is 3. The van der Waals surface area contributed by atoms with Crippen molar-refractivity contribution in [1.82, 2.24) is 14.4 Å². The maximum Gasteiger partial charge on any atom is 0.433 e. The van der Waals surface area contributed by atoms with Crippen LogP contribution < -0.4 is 0 Å². The largest absolute Gasteiger partial charge is 0.433 e. The van der Waals surface area contributed by atoms with Gasteiger partial charge in [0.15, 0.2) is 9.84 Å². The Morgan fingerprint density at radius 2 is 1.79 bits per heavy atom. The Labute approximate surface area is 161 Å². The Bertz CT molecular complexity index is 1140. The molecule has 0 saturated heterocycles. The average Bonchev–Trinajstić information content (AvgIpc) is 3.02. The average molecular weight is 411 g/mol. The maximum atomic E-state index is 12.9. The van der Waals surface area contributed by atoms with Crippen molar-refractivity contribution >= 4 is 15.5 Å². The molecule has 0 aliphatic carbocycles. The molecular weight excluding hydrogens is 391 g/mol. The van der Waals surface area contributed by atoms with Crippen LogP contribution in [0.4, 0.5) is 13.2 Å². The van der Waals surface area contributed by atoms with Crippen molar-refractivity contribution in [3.63, 3.8) is 0 Å². The highest BCUT2D eigenvalue weighted by atomic mass is 32.2. The van der Waals surface area contributed by atoms with Gasteiger partial charge < -0.3 is 0 Å². The number of sulfone groups is 1. The van der Waals surface area contributed by atoms with E-state index in [-0.39, 0.29) is 27.4 Å². The van der Waals surface area contributed by atoms with Gasteiger partial charge in [0.2, 0.25) is 0 Å². The fraction of sp³-hybridized carbons (Fsp3) is 0.368. The second-order valence-electron chi connectivity index (χ2n) is 7.53. The molecule has 0 atom stereocenters. The minimum Gasteiger partial charge on any atom is -0.290 e. The molecule has 0 aliphatic heterocycles. The molecule has 2 heterocycles. The summed E-state index contributed by atoms with van der Waals surface area (Å²) in [6, 6.07) is 5.93. The van der Waals surface area contributed by atoms with E-state index in [1.807, 2.05) is 26.8 Å². The molecule has 2 aromatic heterocycles. The van der Waals surface area contributed by atoms with E-state index in [2.05, 4.69) is 9.97 Å². The van der Waals surface area contributed by atoms with Crippen LogP contribution in [-0.4, -0.2) is 28.5 Å². The van der Waals surface area contributed by atoms with Gasteiger partial charge in [0.05, 0.1) is 16.3 Å². The van der Waals surface area contributed by atoms with E-state index in [1.54, 1.807) is 19.1 Å². The fourth-order valence-corrected chi connectivity index (χ4v) is 3.91. The van der Waals surface area contributed by atoms with Crippen LogP contribution in [0.1, 0.15) is 39.0 Å². The number of alkyl halides is 3. The van der Waals surface area contributed by atoms with Crippen LogP contribution in [0.25, 0.3) is 16.9 Å². The molecule has 9 heteroatoms. The lowest BCUT2D eigenvalue weighted by Gasteiger charge is -2.21. The molecule has 0 spiro atoms. The molecule has 0 bridgehead atoms. The van der Waals surface area contributed by atoms with Crippen LogP contribution in [0, 0.1) is 0 Å². The molecule has 0 radical (unpaired) electrons. The van der Waals surface area contributed by atoms with E-state index in [0.29, 0.717) is 5.56 Å². The van der Waals surface area contributed by atoms with E-state index < -0.39 is 21.7 Å². The van der Waals surface area contributed by atoms with Crippen LogP contribution in [0.3, 0.4) is 0 Å². The number of aromatic nitrogens is 3. The molecule has 0 aliphatic rings. The third-order valence-electron chi connectivity index (χ3n) is 4.48. The zero-order chi connectivity index (χ0) is 20.9. The zero-order valence-corrected chi connectivity index (χ0v) is 16.7. The lowest BCUT2D eigenvalue weighted by molar-refractivity contribution is -0.141. The summed E-state index contributed by atoms with van der Waals surface area (Å²) in [6.45, 7) is 7.46. The highest BCUT2D eigenvalue weighted by molar-refractivity contribution is 7.91. The predicted molar refractivity (Wildman–Crippen MR) is 99.9 cm³/mol. The zero-order valence-electron chi connectivity index (χ0n) is 15.9. The first kappa shape index (κ1) is 20.3. The first-order valence-electron chi connectivity index (χ1n) is 8.62. The Hall–Kier alpha value is -2.42. The van der Waals surface area contributed by atoms with Crippen molar-refractivity contribution in [2.75, 3.05) is 5.75 Å². The Kier molecular flexibility index (Phi) is 4.77. The molecule has 5 nitrogen and oxygen atoms in total. The van der Waals surface area contributed by atoms with Gasteiger partial charge in [-0.25, -0.2) is 18.4 Å². The number of hydrogen-bond donors (Lipinski definition) is 0. The summed E-state index contributed by atoms with van der Waals surface area (Å²) in [5.74, 6) is -0.0965. The number of benzene rings is 1. The van der Waals surface area contributed by atoms with Crippen molar-refractivity contribution in [2.45, 2.75) is 44.2 Å². The Morgan fingerprint density at radius 3 is 2.36 bits per heavy atom. The van der Waals surface area contributed by atoms with Gasteiger partial charge in [-0.15, -0.1) is 0 Å². The Balaban J connectivity index is 2.23. The molecule has 0 N–H and O–H groups in total. The van der Waals surface area contributed by atoms with Crippen molar-refractivity contribution in [3.05, 3.63) is 48.0 Å². The number of fused-ring (bicyclic) bond motifs is 1. The monoisotopic (exact) mass is 411 g/mol. The molecule has 28 heavy (non-hydrogen) atoms. The molecule has 0 amide bonds. The van der Waals surface area contributed by atoms with Gasteiger partial charge in [-0.1, -0.05) is 39.8 Å². The molecule has 150 valence electrons. The van der Waals surface area contributed by atoms with Crippen molar-refractivity contribution in [1.29, 1.82) is 0 Å². The lowest BCUT2D eigenvalue weighted by Crippen LogP contribution is -2.14. The molecular formula is C19H20F3N3O2S. The van der Waals surface area contributed by atoms with Gasteiger partial charge in [-0.3, -0.25) is 4.40 Å². The second-order valence-corrected chi connectivity index (χ2v) is 9.77. The minimum atomic E-state index is -4.58. The summed E-state index contributed by atoms with van der Waals surface area (Å²) in [6.07, 6.45) is -2.09. The number of imidazole rings is 1. The van der Waals surface area contributed by atoms with E-state index in [4.69, 9.17) is 0 Å². The van der Waals surface area contributed by atoms with E-state index >= 15 is 0 Å². The normalized spacial score (nSPS) is 13.2. The maximum absolute atomic E-state index is 12.9. The molecule has 0 fully saturated rings. The highest BCUT2D eigenvalue weighted by Gasteiger charge is 2.33. The van der Waals surface area contributed by atoms with Crippen LogP contribution in [0.15, 0.2) is 41.7 Å². The number of nitrogens with zero attached hydrogens (tertiary/aromatic N) is 3. The summed E-state index contributed by atoms with van der Waals surface area (Å²) < 4.78 is 65.4. The third kappa shape index (κ3) is 3.76. The molecule has 3 rings (SSSR count). The smallest absolute Gasteiger partial charge is 0.290 e. The highest BCUT2D eigenvalue weighted by Crippen LogP contribution is 2.33. The molecule has 0 saturated carbocycles. The SMILES string of the molecule is CCS(=O)(=O)c1cc(C(C)(C)C)ccc1-c1cn2cnc(C(F)(F)F)cc2n1. The van der Waals surface area contributed by atoms with Crippen LogP contribution in [-0.2, 0) is 21.4 Å². The summed E-state index contributed by atoms with van der Waals surface area (Å²) >= 11 is 0. The van der Waals surface area contributed by atoms with Gasteiger partial charge in [0.1, 0.15) is 17.7 Å². The van der Waals surface area contributed by atoms with Crippen molar-refractivity contribution in [2.24, 2.45) is 0 Å². The van der Waals surface area contributed by atoms with Crippen LogP contribution in [0.5, 0.6) is 0 Å². The predicted octanol–water partition coefficient (Wildman–Crippen LogP) is 4.51. The number of hydrogen-bond acceptors (Lipinski definition) is 4. The summed E-state index contributed by atoms with van der Waals surface area (Å²) in [7, 11) is -3.57. The Morgan fingerprint density at radius 1 is 1.11 bits per heavy atom. The molecule has 3 aromatic rings. The lowest BCUT2D eigenvalue weighted by atomic mass is 9.86. The van der Waals surface area contributed by atoms with Crippen LogP contribution in [0.2, 0.25) is 0 Å². The summed E-state index contributed by atoms with van der Waals surface area (Å²) in [5, 5.41) is 0. The third-order valence-corrected chi connectivity index (χ3v) is 6.25. The van der Waals surface area contributed by atoms with Crippen LogP contribution >= 0.6 is 0 Å². The standard InChI is InChI=1S/C19H20F3N3O2S/c1-5-28(26,27)15-8-12(18(2,3)4)6-7-13(15)14-10-25-11-23-16(19(20,21)22)9-17(25)24-14/h6-11H,5H2,1-4H3. The first-order valence-corrected chi connectivity index (χ1v) is 10.3. The van der Waals surface area contributed by atoms with Gasteiger partial charge in [-0.05, 0) is 17.0 Å². The van der Waals surface area contributed by atoms with Gasteiger partial charge >= 0.3 is 6.18 Å². The second kappa shape index (κ2) is 6.58. The van der Waals surface area contributed by atoms with Gasteiger partial charge in [-0.2, -0.15) is 13.2 Å². The van der Waals surface area contributed by atoms with Crippen molar-refractivity contribution in [3.8, 4) is 11.3 Å². The summed E-state index contributed by atoms with van der Waals surface area (Å²) in [5.41, 5.74) is 0.188.